The van der Waals surface area contributed by atoms with Crippen molar-refractivity contribution in [2.45, 2.75) is 33.0 Å². The van der Waals surface area contributed by atoms with Gasteiger partial charge >= 0.3 is 12.1 Å². The lowest BCUT2D eigenvalue weighted by Gasteiger charge is -2.24. The molecule has 0 aliphatic heterocycles. The molecule has 132 valence electrons. The maximum Gasteiger partial charge on any atom is 0.414 e. The monoisotopic (exact) mass is 341 g/mol. The highest BCUT2D eigenvalue weighted by Crippen LogP contribution is 2.18. The number of amides is 1. The van der Waals surface area contributed by atoms with E-state index in [2.05, 4.69) is 0 Å². The summed E-state index contributed by atoms with van der Waals surface area (Å²) in [6.07, 6.45) is -0.452. The van der Waals surface area contributed by atoms with Gasteiger partial charge in [-0.2, -0.15) is 0 Å². The predicted molar refractivity (Wildman–Crippen MR) is 96.6 cm³/mol. The Balaban J connectivity index is 1.96. The van der Waals surface area contributed by atoms with Crippen molar-refractivity contribution in [3.63, 3.8) is 0 Å². The van der Waals surface area contributed by atoms with Gasteiger partial charge < -0.3 is 9.47 Å². The van der Waals surface area contributed by atoms with Gasteiger partial charge in [0.15, 0.2) is 0 Å². The van der Waals surface area contributed by atoms with E-state index in [-0.39, 0.29) is 6.61 Å². The second-order valence-electron chi connectivity index (χ2n) is 6.65. The van der Waals surface area contributed by atoms with E-state index in [0.29, 0.717) is 11.3 Å². The molecule has 0 bridgehead atoms. The van der Waals surface area contributed by atoms with E-state index < -0.39 is 17.7 Å². The zero-order valence-electron chi connectivity index (χ0n) is 15.0. The fraction of sp³-hybridized carbons (Fsp3) is 0.300. The molecule has 5 heteroatoms. The van der Waals surface area contributed by atoms with Gasteiger partial charge in [0.05, 0.1) is 5.56 Å². The van der Waals surface area contributed by atoms with Gasteiger partial charge in [-0.15, -0.1) is 0 Å². The van der Waals surface area contributed by atoms with E-state index in [0.717, 1.165) is 5.56 Å². The first-order chi connectivity index (χ1) is 11.8. The van der Waals surface area contributed by atoms with Crippen molar-refractivity contribution in [3.05, 3.63) is 65.7 Å². The Labute approximate surface area is 148 Å². The number of rotatable bonds is 4. The Bertz CT molecular complexity index is 718. The van der Waals surface area contributed by atoms with E-state index in [4.69, 9.17) is 9.47 Å². The van der Waals surface area contributed by atoms with Gasteiger partial charge in [-0.25, -0.2) is 9.59 Å². The molecule has 0 unspecified atom stereocenters. The summed E-state index contributed by atoms with van der Waals surface area (Å²) < 4.78 is 10.6. The van der Waals surface area contributed by atoms with Crippen LogP contribution in [0.3, 0.4) is 0 Å². The number of hydrogen-bond acceptors (Lipinski definition) is 4. The highest BCUT2D eigenvalue weighted by atomic mass is 16.6. The molecular formula is C20H23NO4. The number of benzene rings is 2. The van der Waals surface area contributed by atoms with Crippen LogP contribution in [-0.2, 0) is 16.1 Å². The Hall–Kier alpha value is -2.82. The lowest BCUT2D eigenvalue weighted by molar-refractivity contribution is 0.0472. The zero-order valence-corrected chi connectivity index (χ0v) is 15.0. The van der Waals surface area contributed by atoms with Crippen molar-refractivity contribution in [2.24, 2.45) is 0 Å². The molecule has 0 aliphatic carbocycles. The van der Waals surface area contributed by atoms with E-state index >= 15 is 0 Å². The third-order valence-electron chi connectivity index (χ3n) is 3.37. The van der Waals surface area contributed by atoms with Crippen LogP contribution in [0.4, 0.5) is 10.5 Å². The van der Waals surface area contributed by atoms with Crippen molar-refractivity contribution in [1.82, 2.24) is 0 Å². The summed E-state index contributed by atoms with van der Waals surface area (Å²) in [7, 11) is 1.62. The summed E-state index contributed by atoms with van der Waals surface area (Å²) >= 11 is 0. The SMILES string of the molecule is CN(C(=O)OC(C)(C)C)c1ccc(C(=O)OCc2ccccc2)cc1. The number of nitrogens with zero attached hydrogens (tertiary/aromatic N) is 1. The third-order valence-corrected chi connectivity index (χ3v) is 3.37. The van der Waals surface area contributed by atoms with Crippen LogP contribution in [0.1, 0.15) is 36.7 Å². The van der Waals surface area contributed by atoms with Gasteiger partial charge in [0, 0.05) is 12.7 Å². The Morgan fingerprint density at radius 3 is 2.12 bits per heavy atom. The van der Waals surface area contributed by atoms with E-state index in [1.165, 1.54) is 4.90 Å². The summed E-state index contributed by atoms with van der Waals surface area (Å²) in [5.74, 6) is -0.407. The van der Waals surface area contributed by atoms with Gasteiger partial charge in [-0.3, -0.25) is 4.90 Å². The number of anilines is 1. The minimum Gasteiger partial charge on any atom is -0.457 e. The van der Waals surface area contributed by atoms with Crippen molar-refractivity contribution < 1.29 is 19.1 Å². The summed E-state index contributed by atoms with van der Waals surface area (Å²) in [6.45, 7) is 5.65. The standard InChI is InChI=1S/C20H23NO4/c1-20(2,3)25-19(23)21(4)17-12-10-16(11-13-17)18(22)24-14-15-8-6-5-7-9-15/h5-13H,14H2,1-4H3. The summed E-state index contributed by atoms with van der Waals surface area (Å²) in [5.41, 5.74) is 1.43. The number of carbonyl (C=O) groups is 2. The number of esters is 1. The number of ether oxygens (including phenoxy) is 2. The molecular weight excluding hydrogens is 318 g/mol. The molecule has 0 N–H and O–H groups in total. The van der Waals surface area contributed by atoms with Gasteiger partial charge in [0.25, 0.3) is 0 Å². The van der Waals surface area contributed by atoms with Crippen LogP contribution in [0.25, 0.3) is 0 Å². The predicted octanol–water partition coefficient (Wildman–Crippen LogP) is 4.41. The van der Waals surface area contributed by atoms with Crippen LogP contribution in [-0.4, -0.2) is 24.7 Å². The quantitative estimate of drug-likeness (QED) is 0.773. The van der Waals surface area contributed by atoms with Crippen LogP contribution >= 0.6 is 0 Å². The molecule has 0 radical (unpaired) electrons. The maximum atomic E-state index is 12.1. The molecule has 2 aromatic rings. The minimum atomic E-state index is -0.563. The van der Waals surface area contributed by atoms with E-state index in [9.17, 15) is 9.59 Å². The Morgan fingerprint density at radius 1 is 0.960 bits per heavy atom. The molecule has 0 atom stereocenters. The average molecular weight is 341 g/mol. The van der Waals surface area contributed by atoms with Gasteiger partial charge in [0.1, 0.15) is 12.2 Å². The highest BCUT2D eigenvalue weighted by molar-refractivity contribution is 5.91. The van der Waals surface area contributed by atoms with Crippen molar-refractivity contribution >= 4 is 17.7 Å². The molecule has 2 rings (SSSR count). The molecule has 0 heterocycles. The van der Waals surface area contributed by atoms with Crippen LogP contribution in [0.15, 0.2) is 54.6 Å². The zero-order chi connectivity index (χ0) is 18.4. The van der Waals surface area contributed by atoms with Gasteiger partial charge in [0.2, 0.25) is 0 Å². The first-order valence-electron chi connectivity index (χ1n) is 8.04. The number of hydrogen-bond donors (Lipinski definition) is 0. The lowest BCUT2D eigenvalue weighted by atomic mass is 10.2. The molecule has 2 aromatic carbocycles. The molecule has 0 aliphatic rings. The van der Waals surface area contributed by atoms with Crippen LogP contribution in [0.2, 0.25) is 0 Å². The molecule has 1 amide bonds. The van der Waals surface area contributed by atoms with Crippen LogP contribution < -0.4 is 4.90 Å². The summed E-state index contributed by atoms with van der Waals surface area (Å²) in [4.78, 5) is 25.5. The minimum absolute atomic E-state index is 0.221. The normalized spacial score (nSPS) is 10.9. The second-order valence-corrected chi connectivity index (χ2v) is 6.65. The van der Waals surface area contributed by atoms with Crippen molar-refractivity contribution in [2.75, 3.05) is 11.9 Å². The number of carbonyl (C=O) groups excluding carboxylic acids is 2. The van der Waals surface area contributed by atoms with E-state index in [1.54, 1.807) is 31.3 Å². The molecule has 0 fully saturated rings. The largest absolute Gasteiger partial charge is 0.457 e. The third kappa shape index (κ3) is 5.64. The smallest absolute Gasteiger partial charge is 0.414 e. The fourth-order valence-corrected chi connectivity index (χ4v) is 2.06. The first kappa shape index (κ1) is 18.5. The van der Waals surface area contributed by atoms with Crippen LogP contribution in [0.5, 0.6) is 0 Å². The molecule has 0 saturated carbocycles. The van der Waals surface area contributed by atoms with Crippen molar-refractivity contribution in [1.29, 1.82) is 0 Å². The van der Waals surface area contributed by atoms with Gasteiger partial charge in [-0.1, -0.05) is 30.3 Å². The molecule has 0 aromatic heterocycles. The Kier molecular flexibility index (Phi) is 5.80. The molecule has 0 saturated heterocycles. The fourth-order valence-electron chi connectivity index (χ4n) is 2.06. The lowest BCUT2D eigenvalue weighted by Crippen LogP contribution is -2.34. The van der Waals surface area contributed by atoms with Crippen molar-refractivity contribution in [3.8, 4) is 0 Å². The molecule has 5 nitrogen and oxygen atoms in total. The Morgan fingerprint density at radius 2 is 1.56 bits per heavy atom. The average Bonchev–Trinajstić information content (AvgIpc) is 2.58. The highest BCUT2D eigenvalue weighted by Gasteiger charge is 2.20. The summed E-state index contributed by atoms with van der Waals surface area (Å²) in [6, 6.07) is 16.1. The van der Waals surface area contributed by atoms with E-state index in [1.807, 2.05) is 51.1 Å². The van der Waals surface area contributed by atoms with Crippen LogP contribution in [0, 0.1) is 0 Å². The van der Waals surface area contributed by atoms with Gasteiger partial charge in [-0.05, 0) is 50.6 Å². The molecule has 0 spiro atoms. The molecule has 25 heavy (non-hydrogen) atoms. The second kappa shape index (κ2) is 7.83. The summed E-state index contributed by atoms with van der Waals surface area (Å²) in [5, 5.41) is 0. The first-order valence-corrected chi connectivity index (χ1v) is 8.04. The maximum absolute atomic E-state index is 12.1. The topological polar surface area (TPSA) is 55.8 Å².